The molecular formula is C9H16FNO2. The standard InChI is InChI=1S/C9H16FNO2/c1-11-5-4-7(8(10)6-11)2-3-9(12)13/h7-8H,2-6H2,1H3,(H,12,13). The van der Waals surface area contributed by atoms with Crippen LogP contribution in [0.25, 0.3) is 0 Å². The van der Waals surface area contributed by atoms with Crippen LogP contribution in [0.1, 0.15) is 19.3 Å². The normalized spacial score (nSPS) is 30.3. The summed E-state index contributed by atoms with van der Waals surface area (Å²) in [4.78, 5) is 12.2. The lowest BCUT2D eigenvalue weighted by Gasteiger charge is -2.31. The number of likely N-dealkylation sites (tertiary alicyclic amines) is 1. The second-order valence-corrected chi connectivity index (χ2v) is 3.76. The molecule has 2 atom stereocenters. The molecule has 0 aromatic carbocycles. The van der Waals surface area contributed by atoms with Crippen LogP contribution in [0, 0.1) is 5.92 Å². The van der Waals surface area contributed by atoms with Gasteiger partial charge in [-0.05, 0) is 32.4 Å². The van der Waals surface area contributed by atoms with Crippen LogP contribution >= 0.6 is 0 Å². The van der Waals surface area contributed by atoms with Crippen LogP contribution in [0.3, 0.4) is 0 Å². The monoisotopic (exact) mass is 189 g/mol. The van der Waals surface area contributed by atoms with Crippen molar-refractivity contribution in [2.75, 3.05) is 20.1 Å². The van der Waals surface area contributed by atoms with Crippen molar-refractivity contribution >= 4 is 5.97 Å². The lowest BCUT2D eigenvalue weighted by atomic mass is 9.91. The molecule has 1 fully saturated rings. The molecule has 0 spiro atoms. The van der Waals surface area contributed by atoms with Gasteiger partial charge >= 0.3 is 5.97 Å². The number of hydrogen-bond acceptors (Lipinski definition) is 2. The van der Waals surface area contributed by atoms with Gasteiger partial charge in [0.15, 0.2) is 0 Å². The molecule has 0 radical (unpaired) electrons. The summed E-state index contributed by atoms with van der Waals surface area (Å²) >= 11 is 0. The van der Waals surface area contributed by atoms with E-state index in [2.05, 4.69) is 0 Å². The van der Waals surface area contributed by atoms with Gasteiger partial charge in [0.1, 0.15) is 6.17 Å². The fraction of sp³-hybridized carbons (Fsp3) is 0.889. The maximum Gasteiger partial charge on any atom is 0.303 e. The largest absolute Gasteiger partial charge is 0.481 e. The Morgan fingerprint density at radius 1 is 1.69 bits per heavy atom. The Balaban J connectivity index is 2.29. The van der Waals surface area contributed by atoms with Crippen LogP contribution in [0.15, 0.2) is 0 Å². The number of carboxylic acids is 1. The van der Waals surface area contributed by atoms with E-state index in [0.29, 0.717) is 13.0 Å². The summed E-state index contributed by atoms with van der Waals surface area (Å²) in [7, 11) is 1.89. The van der Waals surface area contributed by atoms with Crippen molar-refractivity contribution in [1.82, 2.24) is 4.90 Å². The molecule has 2 unspecified atom stereocenters. The number of carboxylic acid groups (broad SMARTS) is 1. The zero-order chi connectivity index (χ0) is 9.84. The lowest BCUT2D eigenvalue weighted by Crippen LogP contribution is -2.39. The number of hydrogen-bond donors (Lipinski definition) is 1. The third kappa shape index (κ3) is 3.30. The van der Waals surface area contributed by atoms with Gasteiger partial charge in [-0.2, -0.15) is 0 Å². The predicted molar refractivity (Wildman–Crippen MR) is 47.4 cm³/mol. The fourth-order valence-corrected chi connectivity index (χ4v) is 1.74. The SMILES string of the molecule is CN1CCC(CCC(=O)O)C(F)C1. The summed E-state index contributed by atoms with van der Waals surface area (Å²) < 4.78 is 13.3. The van der Waals surface area contributed by atoms with Gasteiger partial charge in [-0.1, -0.05) is 0 Å². The molecule has 0 aromatic rings. The Morgan fingerprint density at radius 2 is 2.38 bits per heavy atom. The topological polar surface area (TPSA) is 40.5 Å². The third-order valence-electron chi connectivity index (χ3n) is 2.61. The van der Waals surface area contributed by atoms with Crippen LogP contribution in [0.4, 0.5) is 4.39 Å². The summed E-state index contributed by atoms with van der Waals surface area (Å²) in [5.74, 6) is -0.876. The molecule has 0 aromatic heterocycles. The van der Waals surface area contributed by atoms with Crippen LogP contribution in [0.2, 0.25) is 0 Å². The van der Waals surface area contributed by atoms with E-state index in [9.17, 15) is 9.18 Å². The first-order valence-electron chi connectivity index (χ1n) is 4.64. The van der Waals surface area contributed by atoms with Crippen molar-refractivity contribution < 1.29 is 14.3 Å². The molecule has 76 valence electrons. The van der Waals surface area contributed by atoms with Gasteiger partial charge in [0.25, 0.3) is 0 Å². The highest BCUT2D eigenvalue weighted by molar-refractivity contribution is 5.66. The number of halogens is 1. The van der Waals surface area contributed by atoms with Crippen molar-refractivity contribution in [1.29, 1.82) is 0 Å². The summed E-state index contributed by atoms with van der Waals surface area (Å²) in [5, 5.41) is 8.45. The molecule has 1 heterocycles. The molecule has 1 rings (SSSR count). The zero-order valence-corrected chi connectivity index (χ0v) is 7.87. The molecule has 1 aliphatic rings. The molecule has 0 aliphatic carbocycles. The van der Waals surface area contributed by atoms with Gasteiger partial charge in [0.05, 0.1) is 0 Å². The zero-order valence-electron chi connectivity index (χ0n) is 7.87. The number of nitrogens with zero attached hydrogens (tertiary/aromatic N) is 1. The maximum absolute atomic E-state index is 13.3. The van der Waals surface area contributed by atoms with E-state index in [4.69, 9.17) is 5.11 Å². The second-order valence-electron chi connectivity index (χ2n) is 3.76. The second kappa shape index (κ2) is 4.56. The summed E-state index contributed by atoms with van der Waals surface area (Å²) in [5.41, 5.74) is 0. The molecule has 0 saturated carbocycles. The van der Waals surface area contributed by atoms with Crippen LogP contribution in [0.5, 0.6) is 0 Å². The summed E-state index contributed by atoms with van der Waals surface area (Å²) in [6.07, 6.45) is 0.502. The third-order valence-corrected chi connectivity index (χ3v) is 2.61. The van der Waals surface area contributed by atoms with E-state index in [-0.39, 0.29) is 12.3 Å². The Labute approximate surface area is 77.5 Å². The quantitative estimate of drug-likeness (QED) is 0.723. The van der Waals surface area contributed by atoms with Crippen LogP contribution in [-0.4, -0.2) is 42.3 Å². The first-order chi connectivity index (χ1) is 6.09. The van der Waals surface area contributed by atoms with Gasteiger partial charge in [0, 0.05) is 13.0 Å². The minimum absolute atomic E-state index is 0.0488. The molecule has 1 aliphatic heterocycles. The highest BCUT2D eigenvalue weighted by Crippen LogP contribution is 2.23. The smallest absolute Gasteiger partial charge is 0.303 e. The number of rotatable bonds is 3. The Kier molecular flexibility index (Phi) is 3.66. The lowest BCUT2D eigenvalue weighted by molar-refractivity contribution is -0.137. The van der Waals surface area contributed by atoms with E-state index in [1.54, 1.807) is 0 Å². The number of alkyl halides is 1. The van der Waals surface area contributed by atoms with E-state index in [0.717, 1.165) is 13.0 Å². The van der Waals surface area contributed by atoms with Crippen molar-refractivity contribution in [3.8, 4) is 0 Å². The Bertz CT molecular complexity index is 186. The number of piperidine rings is 1. The molecule has 13 heavy (non-hydrogen) atoms. The molecule has 0 amide bonds. The van der Waals surface area contributed by atoms with Crippen molar-refractivity contribution in [3.63, 3.8) is 0 Å². The first kappa shape index (κ1) is 10.4. The highest BCUT2D eigenvalue weighted by Gasteiger charge is 2.27. The van der Waals surface area contributed by atoms with Crippen molar-refractivity contribution in [2.45, 2.75) is 25.4 Å². The molecule has 1 saturated heterocycles. The molecule has 4 heteroatoms. The minimum atomic E-state index is -0.849. The predicted octanol–water partition coefficient (Wildman–Crippen LogP) is 1.14. The molecule has 3 nitrogen and oxygen atoms in total. The first-order valence-corrected chi connectivity index (χ1v) is 4.64. The average Bonchev–Trinajstić information content (AvgIpc) is 2.02. The van der Waals surface area contributed by atoms with E-state index in [1.165, 1.54) is 0 Å². The van der Waals surface area contributed by atoms with Gasteiger partial charge in [-0.25, -0.2) is 4.39 Å². The maximum atomic E-state index is 13.3. The van der Waals surface area contributed by atoms with Crippen LogP contribution < -0.4 is 0 Å². The summed E-state index contributed by atoms with van der Waals surface area (Å²) in [6.45, 7) is 1.33. The molecule has 0 bridgehead atoms. The van der Waals surface area contributed by atoms with E-state index < -0.39 is 12.1 Å². The van der Waals surface area contributed by atoms with Gasteiger partial charge < -0.3 is 10.0 Å². The van der Waals surface area contributed by atoms with Gasteiger partial charge in [0.2, 0.25) is 0 Å². The fourth-order valence-electron chi connectivity index (χ4n) is 1.74. The Morgan fingerprint density at radius 3 is 2.92 bits per heavy atom. The summed E-state index contributed by atoms with van der Waals surface area (Å²) in [6, 6.07) is 0. The molecule has 1 N–H and O–H groups in total. The van der Waals surface area contributed by atoms with E-state index in [1.807, 2.05) is 11.9 Å². The minimum Gasteiger partial charge on any atom is -0.481 e. The van der Waals surface area contributed by atoms with Gasteiger partial charge in [-0.15, -0.1) is 0 Å². The average molecular weight is 189 g/mol. The highest BCUT2D eigenvalue weighted by atomic mass is 19.1. The van der Waals surface area contributed by atoms with Crippen molar-refractivity contribution in [2.24, 2.45) is 5.92 Å². The van der Waals surface area contributed by atoms with Gasteiger partial charge in [-0.3, -0.25) is 4.79 Å². The van der Waals surface area contributed by atoms with Crippen LogP contribution in [-0.2, 0) is 4.79 Å². The molecular weight excluding hydrogens is 173 g/mol. The van der Waals surface area contributed by atoms with E-state index >= 15 is 0 Å². The van der Waals surface area contributed by atoms with Crippen molar-refractivity contribution in [3.05, 3.63) is 0 Å². The Hall–Kier alpha value is -0.640. The number of aliphatic carboxylic acids is 1. The number of carbonyl (C=O) groups is 1.